The summed E-state index contributed by atoms with van der Waals surface area (Å²) >= 11 is 0. The topological polar surface area (TPSA) is 99.9 Å². The summed E-state index contributed by atoms with van der Waals surface area (Å²) in [5.74, 6) is -2.26. The number of amides is 2. The third kappa shape index (κ3) is 5.99. The minimum absolute atomic E-state index is 0.0277. The fourth-order valence-corrected chi connectivity index (χ4v) is 3.23. The molecule has 27 heavy (non-hydrogen) atoms. The van der Waals surface area contributed by atoms with E-state index in [1.165, 1.54) is 13.0 Å². The number of nitrogens with zero attached hydrogens (tertiary/aromatic N) is 1. The van der Waals surface area contributed by atoms with Gasteiger partial charge in [0.2, 0.25) is 5.91 Å². The highest BCUT2D eigenvalue weighted by Crippen LogP contribution is 2.30. The van der Waals surface area contributed by atoms with Crippen LogP contribution in [0, 0.1) is 6.57 Å². The quantitative estimate of drug-likeness (QED) is 0.408. The van der Waals surface area contributed by atoms with Crippen molar-refractivity contribution >= 4 is 36.3 Å². The third-order valence-corrected chi connectivity index (χ3v) is 4.56. The number of carbonyl (C=O) groups is 3. The maximum atomic E-state index is 12.7. The van der Waals surface area contributed by atoms with Gasteiger partial charge in [-0.05, 0) is 17.5 Å². The molecule has 3 N–H and O–H groups in total. The SMILES string of the molecule is [C-]#[N+]c1ccc(/C=C(\NC(C)=O)C(=O)NB(C(=O)O)C2CCCCC2)cc1. The van der Waals surface area contributed by atoms with Gasteiger partial charge in [0.15, 0.2) is 5.69 Å². The van der Waals surface area contributed by atoms with Crippen molar-refractivity contribution < 1.29 is 19.5 Å². The van der Waals surface area contributed by atoms with E-state index < -0.39 is 24.5 Å². The summed E-state index contributed by atoms with van der Waals surface area (Å²) in [5, 5.41) is 14.6. The van der Waals surface area contributed by atoms with E-state index in [4.69, 9.17) is 6.57 Å². The lowest BCUT2D eigenvalue weighted by atomic mass is 9.47. The highest BCUT2D eigenvalue weighted by atomic mass is 16.4. The minimum Gasteiger partial charge on any atom is -0.487 e. The fourth-order valence-electron chi connectivity index (χ4n) is 3.23. The number of benzene rings is 1. The smallest absolute Gasteiger partial charge is 0.391 e. The van der Waals surface area contributed by atoms with Crippen LogP contribution >= 0.6 is 0 Å². The lowest BCUT2D eigenvalue weighted by Gasteiger charge is -2.25. The summed E-state index contributed by atoms with van der Waals surface area (Å²) < 4.78 is 0. The van der Waals surface area contributed by atoms with Crippen molar-refractivity contribution in [3.63, 3.8) is 0 Å². The van der Waals surface area contributed by atoms with Gasteiger partial charge >= 0.3 is 6.85 Å². The van der Waals surface area contributed by atoms with Gasteiger partial charge in [0.1, 0.15) is 5.70 Å². The van der Waals surface area contributed by atoms with E-state index in [9.17, 15) is 19.5 Å². The number of hydrogen-bond donors (Lipinski definition) is 3. The molecule has 2 amide bonds. The molecule has 1 fully saturated rings. The van der Waals surface area contributed by atoms with Crippen molar-refractivity contribution in [3.8, 4) is 0 Å². The van der Waals surface area contributed by atoms with Gasteiger partial charge in [0.05, 0.1) is 6.57 Å². The van der Waals surface area contributed by atoms with Crippen LogP contribution in [0.25, 0.3) is 10.9 Å². The Morgan fingerprint density at radius 2 is 1.81 bits per heavy atom. The van der Waals surface area contributed by atoms with Crippen molar-refractivity contribution in [3.05, 3.63) is 46.9 Å². The van der Waals surface area contributed by atoms with Crippen molar-refractivity contribution in [2.45, 2.75) is 44.8 Å². The number of carboxylic acid groups (broad SMARTS) is 1. The maximum Gasteiger partial charge on any atom is 0.391 e. The Bertz CT molecular complexity index is 777. The largest absolute Gasteiger partial charge is 0.487 e. The standard InChI is InChI=1S/C19H22BN3O4/c1-13(24)22-17(12-14-8-10-16(21-2)11-9-14)18(25)23-20(19(26)27)15-6-4-3-5-7-15/h8-12,15H,3-7H2,1H3,(H,22,24)(H,23,25)(H,26,27)/b17-12-. The molecule has 0 aromatic heterocycles. The average molecular weight is 367 g/mol. The van der Waals surface area contributed by atoms with Crippen LogP contribution in [0.3, 0.4) is 0 Å². The molecule has 1 saturated carbocycles. The molecular weight excluding hydrogens is 345 g/mol. The second-order valence-electron chi connectivity index (χ2n) is 6.63. The minimum atomic E-state index is -1.07. The predicted octanol–water partition coefficient (Wildman–Crippen LogP) is 3.42. The molecule has 1 aromatic carbocycles. The van der Waals surface area contributed by atoms with Gasteiger partial charge in [0, 0.05) is 6.92 Å². The van der Waals surface area contributed by atoms with Crippen LogP contribution in [0.15, 0.2) is 30.0 Å². The summed E-state index contributed by atoms with van der Waals surface area (Å²) in [7, 11) is 0. The van der Waals surface area contributed by atoms with Crippen LogP contribution in [0.5, 0.6) is 0 Å². The van der Waals surface area contributed by atoms with E-state index in [-0.39, 0.29) is 11.5 Å². The predicted molar refractivity (Wildman–Crippen MR) is 103 cm³/mol. The normalized spacial score (nSPS) is 14.7. The van der Waals surface area contributed by atoms with Crippen molar-refractivity contribution in [1.82, 2.24) is 10.5 Å². The molecule has 7 nitrogen and oxygen atoms in total. The van der Waals surface area contributed by atoms with Crippen LogP contribution < -0.4 is 10.5 Å². The van der Waals surface area contributed by atoms with Gasteiger partial charge in [-0.3, -0.25) is 14.4 Å². The van der Waals surface area contributed by atoms with Crippen molar-refractivity contribution in [2.75, 3.05) is 0 Å². The van der Waals surface area contributed by atoms with Crippen molar-refractivity contribution in [2.24, 2.45) is 0 Å². The van der Waals surface area contributed by atoms with Gasteiger partial charge in [-0.2, -0.15) is 0 Å². The lowest BCUT2D eigenvalue weighted by molar-refractivity contribution is -0.121. The molecule has 2 rings (SSSR count). The molecule has 0 aliphatic heterocycles. The molecule has 0 unspecified atom stereocenters. The Kier molecular flexibility index (Phi) is 7.18. The van der Waals surface area contributed by atoms with Crippen LogP contribution in [0.2, 0.25) is 5.82 Å². The zero-order valence-corrected chi connectivity index (χ0v) is 15.2. The summed E-state index contributed by atoms with van der Waals surface area (Å²) in [6.45, 7) is 7.25. The molecule has 0 spiro atoms. The third-order valence-electron chi connectivity index (χ3n) is 4.56. The molecule has 1 aliphatic carbocycles. The zero-order valence-electron chi connectivity index (χ0n) is 15.2. The van der Waals surface area contributed by atoms with E-state index in [0.29, 0.717) is 11.3 Å². The lowest BCUT2D eigenvalue weighted by Crippen LogP contribution is -2.50. The van der Waals surface area contributed by atoms with E-state index in [0.717, 1.165) is 32.1 Å². The summed E-state index contributed by atoms with van der Waals surface area (Å²) in [6, 6.07) is 6.50. The van der Waals surface area contributed by atoms with Crippen LogP contribution in [0.1, 0.15) is 44.6 Å². The van der Waals surface area contributed by atoms with E-state index in [1.807, 2.05) is 0 Å². The Hall–Kier alpha value is -3.08. The number of rotatable bonds is 6. The first-order valence-electron chi connectivity index (χ1n) is 8.91. The highest BCUT2D eigenvalue weighted by molar-refractivity contribution is 6.89. The van der Waals surface area contributed by atoms with Crippen LogP contribution in [-0.2, 0) is 9.59 Å². The maximum absolute atomic E-state index is 12.7. The second kappa shape index (κ2) is 9.58. The van der Waals surface area contributed by atoms with E-state index in [2.05, 4.69) is 15.4 Å². The molecule has 0 bridgehead atoms. The van der Waals surface area contributed by atoms with Gasteiger partial charge in [0.25, 0.3) is 11.8 Å². The molecule has 0 radical (unpaired) electrons. The average Bonchev–Trinajstić information content (AvgIpc) is 2.66. The fraction of sp³-hybridized carbons (Fsp3) is 0.368. The van der Waals surface area contributed by atoms with Crippen molar-refractivity contribution in [1.29, 1.82) is 0 Å². The first kappa shape index (κ1) is 20.2. The number of hydrogen-bond acceptors (Lipinski definition) is 3. The van der Waals surface area contributed by atoms with E-state index in [1.54, 1.807) is 24.3 Å². The molecule has 1 aliphatic rings. The van der Waals surface area contributed by atoms with Gasteiger partial charge in [-0.15, -0.1) is 0 Å². The Labute approximate surface area is 158 Å². The Balaban J connectivity index is 2.21. The molecule has 0 heterocycles. The number of nitrogens with one attached hydrogen (secondary N) is 2. The van der Waals surface area contributed by atoms with Crippen LogP contribution in [0.4, 0.5) is 10.5 Å². The van der Waals surface area contributed by atoms with Gasteiger partial charge < -0.3 is 15.7 Å². The van der Waals surface area contributed by atoms with E-state index >= 15 is 0 Å². The highest BCUT2D eigenvalue weighted by Gasteiger charge is 2.36. The molecule has 140 valence electrons. The zero-order chi connectivity index (χ0) is 19.8. The monoisotopic (exact) mass is 367 g/mol. The molecule has 0 saturated heterocycles. The molecule has 1 aromatic rings. The van der Waals surface area contributed by atoms with Crippen LogP contribution in [-0.4, -0.2) is 29.6 Å². The number of carbonyl (C=O) groups excluding carboxylic acids is 2. The molecule has 0 atom stereocenters. The Morgan fingerprint density at radius 3 is 2.33 bits per heavy atom. The van der Waals surface area contributed by atoms with Gasteiger partial charge in [-0.25, -0.2) is 4.85 Å². The molecule has 8 heteroatoms. The summed E-state index contributed by atoms with van der Waals surface area (Å²) in [4.78, 5) is 39.1. The first-order chi connectivity index (χ1) is 12.9. The Morgan fingerprint density at radius 1 is 1.19 bits per heavy atom. The molecular formula is C19H22BN3O4. The van der Waals surface area contributed by atoms with Gasteiger partial charge in [-0.1, -0.05) is 56.4 Å². The summed E-state index contributed by atoms with van der Waals surface area (Å²) in [5.41, 5.74) is 1.05. The second-order valence-corrected chi connectivity index (χ2v) is 6.63. The summed E-state index contributed by atoms with van der Waals surface area (Å²) in [6.07, 6.45) is 5.96. The first-order valence-corrected chi connectivity index (χ1v) is 8.91.